The largest absolute Gasteiger partial charge is 0.366 e. The molecule has 1 aliphatic heterocycles. The maximum atomic E-state index is 6.76. The van der Waals surface area contributed by atoms with Crippen LogP contribution < -0.4 is 4.90 Å². The Morgan fingerprint density at radius 1 is 0.786 bits per heavy atom. The zero-order chi connectivity index (χ0) is 19.4. The highest BCUT2D eigenvalue weighted by Gasteiger charge is 2.36. The lowest BCUT2D eigenvalue weighted by Crippen LogP contribution is -2.52. The van der Waals surface area contributed by atoms with Gasteiger partial charge in [-0.05, 0) is 49.9 Å². The summed E-state index contributed by atoms with van der Waals surface area (Å²) >= 11 is 0. The average molecular weight is 372 g/mol. The molecule has 0 aliphatic carbocycles. The van der Waals surface area contributed by atoms with Gasteiger partial charge < -0.3 is 9.64 Å². The van der Waals surface area contributed by atoms with Crippen LogP contribution in [-0.2, 0) is 4.74 Å². The standard InChI is InChI=1S/C26H29NO/c1-26(2)20-24(18-19-27(26)23-16-10-5-11-17-23)28-25(21-12-6-3-7-13-21)22-14-8-4-9-15-22/h3-17,24-25H,18-20H2,1-2H3/t24-/m0/s1. The molecule has 0 N–H and O–H groups in total. The molecule has 0 aromatic heterocycles. The fourth-order valence-electron chi connectivity index (χ4n) is 4.35. The highest BCUT2D eigenvalue weighted by molar-refractivity contribution is 5.49. The summed E-state index contributed by atoms with van der Waals surface area (Å²) in [4.78, 5) is 2.52. The van der Waals surface area contributed by atoms with Gasteiger partial charge in [-0.25, -0.2) is 0 Å². The minimum Gasteiger partial charge on any atom is -0.366 e. The van der Waals surface area contributed by atoms with Crippen molar-refractivity contribution in [1.29, 1.82) is 0 Å². The molecule has 0 radical (unpaired) electrons. The first-order chi connectivity index (χ1) is 13.6. The zero-order valence-corrected chi connectivity index (χ0v) is 16.8. The third kappa shape index (κ3) is 4.13. The van der Waals surface area contributed by atoms with Crippen molar-refractivity contribution in [1.82, 2.24) is 0 Å². The van der Waals surface area contributed by atoms with Crippen molar-refractivity contribution in [2.24, 2.45) is 0 Å². The minimum atomic E-state index is -0.0218. The van der Waals surface area contributed by atoms with E-state index in [9.17, 15) is 0 Å². The van der Waals surface area contributed by atoms with E-state index in [-0.39, 0.29) is 17.7 Å². The minimum absolute atomic E-state index is 0.0218. The van der Waals surface area contributed by atoms with E-state index in [2.05, 4.69) is 110 Å². The van der Waals surface area contributed by atoms with Crippen LogP contribution in [0.15, 0.2) is 91.0 Å². The van der Waals surface area contributed by atoms with Crippen molar-refractivity contribution in [3.05, 3.63) is 102 Å². The molecule has 1 atom stereocenters. The van der Waals surface area contributed by atoms with E-state index in [1.807, 2.05) is 0 Å². The van der Waals surface area contributed by atoms with Crippen LogP contribution in [-0.4, -0.2) is 18.2 Å². The molecule has 3 aromatic rings. The first-order valence-corrected chi connectivity index (χ1v) is 10.2. The van der Waals surface area contributed by atoms with Crippen molar-refractivity contribution in [3.8, 4) is 0 Å². The Kier molecular flexibility index (Phi) is 5.50. The topological polar surface area (TPSA) is 12.5 Å². The van der Waals surface area contributed by atoms with Crippen LogP contribution in [0.3, 0.4) is 0 Å². The second kappa shape index (κ2) is 8.20. The molecule has 1 aliphatic rings. The van der Waals surface area contributed by atoms with E-state index in [1.54, 1.807) is 0 Å². The van der Waals surface area contributed by atoms with Gasteiger partial charge in [0.05, 0.1) is 6.10 Å². The molecule has 2 nitrogen and oxygen atoms in total. The fraction of sp³-hybridized carbons (Fsp3) is 0.308. The van der Waals surface area contributed by atoms with Crippen LogP contribution in [0.25, 0.3) is 0 Å². The molecular weight excluding hydrogens is 342 g/mol. The Labute approximate surface area is 168 Å². The molecule has 4 rings (SSSR count). The van der Waals surface area contributed by atoms with E-state index in [0.717, 1.165) is 19.4 Å². The van der Waals surface area contributed by atoms with Crippen LogP contribution in [0, 0.1) is 0 Å². The van der Waals surface area contributed by atoms with E-state index < -0.39 is 0 Å². The molecule has 1 heterocycles. The molecule has 0 spiro atoms. The van der Waals surface area contributed by atoms with Crippen molar-refractivity contribution < 1.29 is 4.74 Å². The molecule has 3 aromatic carbocycles. The smallest absolute Gasteiger partial charge is 0.108 e. The van der Waals surface area contributed by atoms with Gasteiger partial charge in [0.15, 0.2) is 0 Å². The Morgan fingerprint density at radius 3 is 1.79 bits per heavy atom. The van der Waals surface area contributed by atoms with Gasteiger partial charge >= 0.3 is 0 Å². The van der Waals surface area contributed by atoms with Gasteiger partial charge in [-0.3, -0.25) is 0 Å². The molecule has 0 unspecified atom stereocenters. The summed E-state index contributed by atoms with van der Waals surface area (Å²) < 4.78 is 6.76. The Balaban J connectivity index is 1.54. The molecule has 0 saturated carbocycles. The third-order valence-electron chi connectivity index (χ3n) is 5.73. The SMILES string of the molecule is CC1(C)C[C@@H](OC(c2ccccc2)c2ccccc2)CCN1c1ccccc1. The van der Waals surface area contributed by atoms with Crippen LogP contribution >= 0.6 is 0 Å². The summed E-state index contributed by atoms with van der Waals surface area (Å²) in [5, 5.41) is 0. The number of anilines is 1. The highest BCUT2D eigenvalue weighted by Crippen LogP contribution is 2.37. The molecule has 2 heteroatoms. The van der Waals surface area contributed by atoms with E-state index >= 15 is 0 Å². The maximum absolute atomic E-state index is 6.76. The summed E-state index contributed by atoms with van der Waals surface area (Å²) in [6, 6.07) is 31.9. The fourth-order valence-corrected chi connectivity index (χ4v) is 4.35. The van der Waals surface area contributed by atoms with E-state index in [4.69, 9.17) is 4.74 Å². The predicted octanol–water partition coefficient (Wildman–Crippen LogP) is 6.24. The van der Waals surface area contributed by atoms with Gasteiger partial charge in [0, 0.05) is 17.8 Å². The molecule has 0 amide bonds. The maximum Gasteiger partial charge on any atom is 0.108 e. The quantitative estimate of drug-likeness (QED) is 0.526. The van der Waals surface area contributed by atoms with E-state index in [0.29, 0.717) is 0 Å². The van der Waals surface area contributed by atoms with Crippen molar-refractivity contribution in [2.75, 3.05) is 11.4 Å². The normalized spacial score (nSPS) is 19.0. The number of rotatable bonds is 5. The lowest BCUT2D eigenvalue weighted by molar-refractivity contribution is -0.0204. The summed E-state index contributed by atoms with van der Waals surface area (Å²) in [7, 11) is 0. The number of para-hydroxylation sites is 1. The van der Waals surface area contributed by atoms with Crippen LogP contribution in [0.1, 0.15) is 43.9 Å². The average Bonchev–Trinajstić information content (AvgIpc) is 2.73. The van der Waals surface area contributed by atoms with Gasteiger partial charge in [0.1, 0.15) is 6.10 Å². The predicted molar refractivity (Wildman–Crippen MR) is 117 cm³/mol. The number of nitrogens with zero attached hydrogens (tertiary/aromatic N) is 1. The highest BCUT2D eigenvalue weighted by atomic mass is 16.5. The second-order valence-electron chi connectivity index (χ2n) is 8.25. The number of benzene rings is 3. The van der Waals surface area contributed by atoms with Gasteiger partial charge in [0.2, 0.25) is 0 Å². The Morgan fingerprint density at radius 2 is 1.29 bits per heavy atom. The first kappa shape index (κ1) is 18.8. The molecule has 1 saturated heterocycles. The zero-order valence-electron chi connectivity index (χ0n) is 16.8. The van der Waals surface area contributed by atoms with Crippen LogP contribution in [0.5, 0.6) is 0 Å². The van der Waals surface area contributed by atoms with Gasteiger partial charge in [0.25, 0.3) is 0 Å². The number of hydrogen-bond acceptors (Lipinski definition) is 2. The Bertz CT molecular complexity index is 821. The van der Waals surface area contributed by atoms with Crippen LogP contribution in [0.4, 0.5) is 5.69 Å². The molecule has 28 heavy (non-hydrogen) atoms. The van der Waals surface area contributed by atoms with Crippen LogP contribution in [0.2, 0.25) is 0 Å². The second-order valence-corrected chi connectivity index (χ2v) is 8.25. The summed E-state index contributed by atoms with van der Waals surface area (Å²) in [6.07, 6.45) is 2.26. The van der Waals surface area contributed by atoms with E-state index in [1.165, 1.54) is 16.8 Å². The van der Waals surface area contributed by atoms with Gasteiger partial charge in [-0.2, -0.15) is 0 Å². The lowest BCUT2D eigenvalue weighted by atomic mass is 9.87. The molecule has 1 fully saturated rings. The summed E-state index contributed by atoms with van der Waals surface area (Å²) in [5.41, 5.74) is 3.80. The molecular formula is C26H29NO. The number of piperidine rings is 1. The van der Waals surface area contributed by atoms with Gasteiger partial charge in [-0.15, -0.1) is 0 Å². The Hall–Kier alpha value is -2.58. The number of ether oxygens (including phenoxy) is 1. The van der Waals surface area contributed by atoms with Crippen molar-refractivity contribution in [3.63, 3.8) is 0 Å². The van der Waals surface area contributed by atoms with Crippen molar-refractivity contribution in [2.45, 2.75) is 44.4 Å². The van der Waals surface area contributed by atoms with Gasteiger partial charge in [-0.1, -0.05) is 78.9 Å². The summed E-state index contributed by atoms with van der Waals surface area (Å²) in [6.45, 7) is 5.67. The third-order valence-corrected chi connectivity index (χ3v) is 5.73. The molecule has 0 bridgehead atoms. The molecule has 144 valence electrons. The summed E-state index contributed by atoms with van der Waals surface area (Å²) in [5.74, 6) is 0. The van der Waals surface area contributed by atoms with Crippen molar-refractivity contribution >= 4 is 5.69 Å². The monoisotopic (exact) mass is 371 g/mol. The lowest BCUT2D eigenvalue weighted by Gasteiger charge is -2.47. The number of hydrogen-bond donors (Lipinski definition) is 0. The first-order valence-electron chi connectivity index (χ1n) is 10.2.